The maximum absolute atomic E-state index is 12.9. The molecule has 0 aromatic heterocycles. The van der Waals surface area contributed by atoms with E-state index in [1.165, 1.54) is 12.1 Å². The summed E-state index contributed by atoms with van der Waals surface area (Å²) in [5, 5.41) is 3.72. The molecule has 3 nitrogen and oxygen atoms in total. The summed E-state index contributed by atoms with van der Waals surface area (Å²) in [6.45, 7) is 4.01. The van der Waals surface area contributed by atoms with Crippen molar-refractivity contribution in [1.82, 2.24) is 0 Å². The first-order valence-electron chi connectivity index (χ1n) is 7.19. The molecular weight excluding hydrogens is 345 g/mol. The molecule has 3 rings (SSSR count). The molecule has 2 aliphatic carbocycles. The van der Waals surface area contributed by atoms with Gasteiger partial charge in [-0.1, -0.05) is 48.7 Å². The Morgan fingerprint density at radius 2 is 1.82 bits per heavy atom. The van der Waals surface area contributed by atoms with Crippen LogP contribution in [0.4, 0.5) is 5.69 Å². The highest BCUT2D eigenvalue weighted by molar-refractivity contribution is 6.44. The third-order valence-electron chi connectivity index (χ3n) is 5.54. The van der Waals surface area contributed by atoms with E-state index >= 15 is 0 Å². The third kappa shape index (κ3) is 2.02. The van der Waals surface area contributed by atoms with Gasteiger partial charge in [0.2, 0.25) is 5.91 Å². The molecule has 1 aromatic rings. The normalized spacial score (nSPS) is 29.0. The van der Waals surface area contributed by atoms with Crippen LogP contribution in [0.5, 0.6) is 0 Å². The molecule has 0 heterocycles. The number of hydrogen-bond acceptors (Lipinski definition) is 2. The molecule has 1 N–H and O–H groups in total. The van der Waals surface area contributed by atoms with Gasteiger partial charge in [-0.3, -0.25) is 9.59 Å². The van der Waals surface area contributed by atoms with Gasteiger partial charge in [0.15, 0.2) is 0 Å². The molecule has 0 radical (unpaired) electrons. The van der Waals surface area contributed by atoms with Crippen LogP contribution in [0.25, 0.3) is 0 Å². The average molecular weight is 361 g/mol. The first-order valence-corrected chi connectivity index (χ1v) is 8.33. The van der Waals surface area contributed by atoms with Crippen molar-refractivity contribution in [3.63, 3.8) is 0 Å². The highest BCUT2D eigenvalue weighted by Crippen LogP contribution is 2.64. The lowest BCUT2D eigenvalue weighted by atomic mass is 9.68. The van der Waals surface area contributed by atoms with Crippen molar-refractivity contribution >= 4 is 52.2 Å². The Morgan fingerprint density at radius 1 is 1.18 bits per heavy atom. The van der Waals surface area contributed by atoms with E-state index < -0.39 is 5.41 Å². The third-order valence-corrected chi connectivity index (χ3v) is 6.58. The van der Waals surface area contributed by atoms with Crippen LogP contribution >= 0.6 is 34.8 Å². The van der Waals surface area contributed by atoms with E-state index in [1.807, 2.05) is 13.8 Å². The van der Waals surface area contributed by atoms with Gasteiger partial charge in [0.1, 0.15) is 11.2 Å². The number of ketones is 1. The minimum absolute atomic E-state index is 0.0300. The van der Waals surface area contributed by atoms with Crippen molar-refractivity contribution in [1.29, 1.82) is 0 Å². The van der Waals surface area contributed by atoms with Crippen molar-refractivity contribution < 1.29 is 9.59 Å². The number of anilines is 1. The maximum Gasteiger partial charge on any atom is 0.238 e. The van der Waals surface area contributed by atoms with Gasteiger partial charge in [-0.05, 0) is 36.3 Å². The van der Waals surface area contributed by atoms with Crippen LogP contribution in [0.2, 0.25) is 15.1 Å². The maximum atomic E-state index is 12.9. The van der Waals surface area contributed by atoms with E-state index in [2.05, 4.69) is 5.32 Å². The van der Waals surface area contributed by atoms with Crippen molar-refractivity contribution in [2.45, 2.75) is 33.1 Å². The van der Waals surface area contributed by atoms with E-state index in [1.54, 1.807) is 0 Å². The highest BCUT2D eigenvalue weighted by Gasteiger charge is 2.68. The summed E-state index contributed by atoms with van der Waals surface area (Å²) in [6, 6.07) is 3.00. The molecule has 6 heteroatoms. The van der Waals surface area contributed by atoms with E-state index in [4.69, 9.17) is 34.8 Å². The lowest BCUT2D eigenvalue weighted by molar-refractivity contribution is -0.141. The number of hydrogen-bond donors (Lipinski definition) is 1. The van der Waals surface area contributed by atoms with Crippen molar-refractivity contribution in [2.24, 2.45) is 16.7 Å². The van der Waals surface area contributed by atoms with Gasteiger partial charge in [0.05, 0.1) is 20.8 Å². The fraction of sp³-hybridized carbons (Fsp3) is 0.500. The lowest BCUT2D eigenvalue weighted by Crippen LogP contribution is -2.46. The second kappa shape index (κ2) is 5.12. The van der Waals surface area contributed by atoms with Crippen molar-refractivity contribution in [3.05, 3.63) is 27.2 Å². The molecule has 2 atom stereocenters. The Morgan fingerprint density at radius 3 is 2.36 bits per heavy atom. The molecule has 1 amide bonds. The fourth-order valence-electron chi connectivity index (χ4n) is 4.06. The monoisotopic (exact) mass is 359 g/mol. The number of carbonyl (C=O) groups is 2. The topological polar surface area (TPSA) is 46.2 Å². The zero-order valence-electron chi connectivity index (χ0n) is 12.3. The molecule has 2 aliphatic rings. The zero-order valence-corrected chi connectivity index (χ0v) is 14.6. The summed E-state index contributed by atoms with van der Waals surface area (Å²) in [7, 11) is 0. The van der Waals surface area contributed by atoms with E-state index in [-0.39, 0.29) is 23.0 Å². The number of amides is 1. The molecule has 0 spiro atoms. The van der Waals surface area contributed by atoms with Gasteiger partial charge < -0.3 is 5.32 Å². The summed E-state index contributed by atoms with van der Waals surface area (Å²) in [4.78, 5) is 25.4. The zero-order chi connectivity index (χ0) is 16.3. The molecular formula is C16H16Cl3NO2. The predicted molar refractivity (Wildman–Crippen MR) is 88.7 cm³/mol. The Bertz CT molecular complexity index is 686. The second-order valence-electron chi connectivity index (χ2n) is 6.69. The van der Waals surface area contributed by atoms with Gasteiger partial charge in [-0.15, -0.1) is 0 Å². The molecule has 0 aliphatic heterocycles. The van der Waals surface area contributed by atoms with Gasteiger partial charge in [-0.25, -0.2) is 0 Å². The number of halogens is 3. The van der Waals surface area contributed by atoms with Crippen molar-refractivity contribution in [3.8, 4) is 0 Å². The summed E-state index contributed by atoms with van der Waals surface area (Å²) < 4.78 is 0. The van der Waals surface area contributed by atoms with Gasteiger partial charge >= 0.3 is 0 Å². The van der Waals surface area contributed by atoms with E-state index in [0.717, 1.165) is 6.42 Å². The first-order chi connectivity index (χ1) is 10.2. The number of benzene rings is 1. The summed E-state index contributed by atoms with van der Waals surface area (Å²) in [6.07, 6.45) is 1.98. The largest absolute Gasteiger partial charge is 0.324 e. The molecule has 2 unspecified atom stereocenters. The number of Topliss-reactive ketones (excluding diaryl/α,β-unsaturated/α-hetero) is 1. The molecule has 0 saturated heterocycles. The standard InChI is InChI=1S/C16H16Cl3NO2/c1-15(2)8-3-4-16(15,13(21)5-8)14(22)20-12-7-10(18)9(17)6-11(12)19/h6-8H,3-5H2,1-2H3,(H,20,22). The minimum atomic E-state index is -0.965. The molecule has 2 fully saturated rings. The fourth-order valence-corrected chi connectivity index (χ4v) is 4.65. The number of rotatable bonds is 2. The molecule has 1 aromatic carbocycles. The SMILES string of the molecule is CC1(C)C2CCC1(C(=O)Nc1cc(Cl)c(Cl)cc1Cl)C(=O)C2. The van der Waals surface area contributed by atoms with Crippen LogP contribution in [-0.2, 0) is 9.59 Å². The van der Waals surface area contributed by atoms with Gasteiger partial charge in [0, 0.05) is 6.42 Å². The van der Waals surface area contributed by atoms with Crippen LogP contribution in [0.15, 0.2) is 12.1 Å². The van der Waals surface area contributed by atoms with Crippen LogP contribution < -0.4 is 5.32 Å². The Hall–Kier alpha value is -0.770. The van der Waals surface area contributed by atoms with Crippen LogP contribution in [-0.4, -0.2) is 11.7 Å². The lowest BCUT2D eigenvalue weighted by Gasteiger charge is -2.35. The molecule has 2 bridgehead atoms. The summed E-state index contributed by atoms with van der Waals surface area (Å²) in [5.41, 5.74) is -0.918. The molecule has 2 saturated carbocycles. The summed E-state index contributed by atoms with van der Waals surface area (Å²) >= 11 is 18.0. The predicted octanol–water partition coefficient (Wildman–Crippen LogP) is 4.98. The Balaban J connectivity index is 1.96. The van der Waals surface area contributed by atoms with E-state index in [0.29, 0.717) is 33.6 Å². The highest BCUT2D eigenvalue weighted by atomic mass is 35.5. The smallest absolute Gasteiger partial charge is 0.238 e. The molecule has 118 valence electrons. The second-order valence-corrected chi connectivity index (χ2v) is 7.91. The van der Waals surface area contributed by atoms with Gasteiger partial charge in [0.25, 0.3) is 0 Å². The quantitative estimate of drug-likeness (QED) is 0.597. The Labute approximate surface area is 144 Å². The molecule has 22 heavy (non-hydrogen) atoms. The van der Waals surface area contributed by atoms with Crippen molar-refractivity contribution in [2.75, 3.05) is 5.32 Å². The summed E-state index contributed by atoms with van der Waals surface area (Å²) in [5.74, 6) is 0.0141. The number of nitrogens with one attached hydrogen (secondary N) is 1. The van der Waals surface area contributed by atoms with Crippen LogP contribution in [0, 0.1) is 16.7 Å². The van der Waals surface area contributed by atoms with Gasteiger partial charge in [-0.2, -0.15) is 0 Å². The number of carbonyl (C=O) groups excluding carboxylic acids is 2. The number of fused-ring (bicyclic) bond motifs is 2. The average Bonchev–Trinajstić information content (AvgIpc) is 2.79. The first kappa shape index (κ1) is 16.1. The van der Waals surface area contributed by atoms with Crippen LogP contribution in [0.1, 0.15) is 33.1 Å². The van der Waals surface area contributed by atoms with Crippen LogP contribution in [0.3, 0.4) is 0 Å². The van der Waals surface area contributed by atoms with E-state index in [9.17, 15) is 9.59 Å². The Kier molecular flexibility index (Phi) is 3.75. The minimum Gasteiger partial charge on any atom is -0.324 e.